The smallest absolute Gasteiger partial charge is 0.245 e. The van der Waals surface area contributed by atoms with Crippen LogP contribution in [0, 0.1) is 5.92 Å². The number of ether oxygens (including phenoxy) is 1. The van der Waals surface area contributed by atoms with Crippen LogP contribution < -0.4 is 5.32 Å². The van der Waals surface area contributed by atoms with Gasteiger partial charge in [-0.3, -0.25) is 9.69 Å². The van der Waals surface area contributed by atoms with E-state index in [2.05, 4.69) is 41.0 Å². The lowest BCUT2D eigenvalue weighted by molar-refractivity contribution is -0.125. The molecule has 0 aromatic heterocycles. The lowest BCUT2D eigenvalue weighted by Gasteiger charge is -2.45. The van der Waals surface area contributed by atoms with Crippen molar-refractivity contribution < 1.29 is 9.53 Å². The molecule has 2 aliphatic heterocycles. The molecule has 1 amide bonds. The minimum absolute atomic E-state index is 0.00765. The number of rotatable bonds is 6. The van der Waals surface area contributed by atoms with Gasteiger partial charge in [-0.25, -0.2) is 0 Å². The van der Waals surface area contributed by atoms with Crippen molar-refractivity contribution in [3.63, 3.8) is 0 Å². The summed E-state index contributed by atoms with van der Waals surface area (Å²) in [5.74, 6) is 3.14. The number of hydrogen-bond acceptors (Lipinski definition) is 5. The number of nitrogens with one attached hydrogen (secondary N) is 1. The number of piperidine rings is 1. The van der Waals surface area contributed by atoms with E-state index in [-0.39, 0.29) is 12.5 Å². The Labute approximate surface area is 139 Å². The first-order valence-electron chi connectivity index (χ1n) is 8.35. The molecule has 2 heterocycles. The summed E-state index contributed by atoms with van der Waals surface area (Å²) in [6.45, 7) is 3.22. The zero-order valence-electron chi connectivity index (χ0n) is 14.2. The number of carbonyl (C=O) groups excluding carboxylic acids is 1. The molecule has 128 valence electrons. The molecular formula is C16H31N3O2S. The quantitative estimate of drug-likeness (QED) is 0.784. The molecule has 0 aromatic rings. The van der Waals surface area contributed by atoms with E-state index in [1.807, 2.05) is 0 Å². The van der Waals surface area contributed by atoms with Crippen LogP contribution in [0.3, 0.4) is 0 Å². The normalized spacial score (nSPS) is 28.0. The van der Waals surface area contributed by atoms with Crippen molar-refractivity contribution in [2.45, 2.75) is 31.3 Å². The lowest BCUT2D eigenvalue weighted by atomic mass is 9.89. The molecule has 22 heavy (non-hydrogen) atoms. The van der Waals surface area contributed by atoms with Crippen LogP contribution in [-0.4, -0.2) is 86.7 Å². The third kappa shape index (κ3) is 5.11. The van der Waals surface area contributed by atoms with E-state index in [4.69, 9.17) is 4.74 Å². The molecule has 6 heteroatoms. The Kier molecular flexibility index (Phi) is 7.47. The topological polar surface area (TPSA) is 44.8 Å². The van der Waals surface area contributed by atoms with Crippen LogP contribution >= 0.6 is 11.8 Å². The van der Waals surface area contributed by atoms with Gasteiger partial charge in [-0.15, -0.1) is 0 Å². The fraction of sp³-hybridized carbons (Fsp3) is 0.938. The van der Waals surface area contributed by atoms with Gasteiger partial charge in [-0.2, -0.15) is 11.8 Å². The maximum atomic E-state index is 11.6. The maximum Gasteiger partial charge on any atom is 0.245 e. The summed E-state index contributed by atoms with van der Waals surface area (Å²) in [5, 5.41) is 3.02. The number of thioether (sulfide) groups is 1. The van der Waals surface area contributed by atoms with E-state index >= 15 is 0 Å². The SMILES string of the molecule is COCC(=O)NC[C@H]1CCN(C2CCSCC2)C[C@H]1N(C)C. The zero-order chi connectivity index (χ0) is 15.9. The highest BCUT2D eigenvalue weighted by Crippen LogP contribution is 2.27. The molecule has 2 saturated heterocycles. The van der Waals surface area contributed by atoms with Crippen molar-refractivity contribution >= 4 is 17.7 Å². The molecule has 0 unspecified atom stereocenters. The Hall–Kier alpha value is -0.300. The molecule has 1 N–H and O–H groups in total. The van der Waals surface area contributed by atoms with Gasteiger partial charge in [0.05, 0.1) is 0 Å². The summed E-state index contributed by atoms with van der Waals surface area (Å²) >= 11 is 2.09. The molecule has 0 bridgehead atoms. The van der Waals surface area contributed by atoms with Crippen molar-refractivity contribution in [2.75, 3.05) is 59.0 Å². The van der Waals surface area contributed by atoms with E-state index in [0.29, 0.717) is 12.0 Å². The number of nitrogens with zero attached hydrogens (tertiary/aromatic N) is 2. The van der Waals surface area contributed by atoms with Crippen LogP contribution in [0.2, 0.25) is 0 Å². The average molecular weight is 330 g/mol. The first kappa shape index (κ1) is 18.0. The summed E-state index contributed by atoms with van der Waals surface area (Å²) in [5.41, 5.74) is 0. The molecule has 0 radical (unpaired) electrons. The number of methoxy groups -OCH3 is 1. The third-order valence-electron chi connectivity index (χ3n) is 4.96. The van der Waals surface area contributed by atoms with Crippen molar-refractivity contribution in [3.05, 3.63) is 0 Å². The summed E-state index contributed by atoms with van der Waals surface area (Å²) in [7, 11) is 5.88. The van der Waals surface area contributed by atoms with Crippen molar-refractivity contribution in [1.82, 2.24) is 15.1 Å². The number of hydrogen-bond donors (Lipinski definition) is 1. The van der Waals surface area contributed by atoms with Crippen LogP contribution in [0.15, 0.2) is 0 Å². The monoisotopic (exact) mass is 329 g/mol. The molecule has 0 saturated carbocycles. The Morgan fingerprint density at radius 2 is 2.05 bits per heavy atom. The van der Waals surface area contributed by atoms with Crippen LogP contribution in [0.5, 0.6) is 0 Å². The van der Waals surface area contributed by atoms with Gasteiger partial charge in [0.25, 0.3) is 0 Å². The summed E-state index contributed by atoms with van der Waals surface area (Å²) in [6, 6.07) is 1.29. The highest BCUT2D eigenvalue weighted by atomic mass is 32.2. The minimum Gasteiger partial charge on any atom is -0.375 e. The highest BCUT2D eigenvalue weighted by molar-refractivity contribution is 7.99. The molecule has 2 fully saturated rings. The van der Waals surface area contributed by atoms with Crippen LogP contribution in [0.1, 0.15) is 19.3 Å². The molecule has 5 nitrogen and oxygen atoms in total. The molecule has 0 aliphatic carbocycles. The van der Waals surface area contributed by atoms with Gasteiger partial charge in [0.15, 0.2) is 0 Å². The van der Waals surface area contributed by atoms with Crippen molar-refractivity contribution in [1.29, 1.82) is 0 Å². The first-order chi connectivity index (χ1) is 10.6. The summed E-state index contributed by atoms with van der Waals surface area (Å²) in [6.07, 6.45) is 3.83. The van der Waals surface area contributed by atoms with Gasteiger partial charge in [0.2, 0.25) is 5.91 Å². The van der Waals surface area contributed by atoms with E-state index < -0.39 is 0 Å². The maximum absolute atomic E-state index is 11.6. The minimum atomic E-state index is -0.00765. The van der Waals surface area contributed by atoms with Gasteiger partial charge >= 0.3 is 0 Å². The fourth-order valence-corrected chi connectivity index (χ4v) is 4.72. The number of amides is 1. The molecule has 0 aromatic carbocycles. The van der Waals surface area contributed by atoms with E-state index in [0.717, 1.165) is 19.1 Å². The van der Waals surface area contributed by atoms with Crippen molar-refractivity contribution in [3.8, 4) is 0 Å². The molecule has 2 atom stereocenters. The molecular weight excluding hydrogens is 298 g/mol. The number of carbonyl (C=O) groups is 1. The van der Waals surface area contributed by atoms with Crippen LogP contribution in [0.25, 0.3) is 0 Å². The van der Waals surface area contributed by atoms with Crippen LogP contribution in [-0.2, 0) is 9.53 Å². The van der Waals surface area contributed by atoms with Gasteiger partial charge in [-0.05, 0) is 57.3 Å². The predicted octanol–water partition coefficient (Wildman–Crippen LogP) is 0.897. The first-order valence-corrected chi connectivity index (χ1v) is 9.51. The van der Waals surface area contributed by atoms with E-state index in [9.17, 15) is 4.79 Å². The van der Waals surface area contributed by atoms with E-state index in [1.165, 1.54) is 37.3 Å². The largest absolute Gasteiger partial charge is 0.375 e. The Morgan fingerprint density at radius 1 is 1.32 bits per heavy atom. The second-order valence-corrected chi connectivity index (χ2v) is 7.88. The second kappa shape index (κ2) is 9.11. The Bertz CT molecular complexity index is 348. The molecule has 2 rings (SSSR count). The highest BCUT2D eigenvalue weighted by Gasteiger charge is 2.34. The standard InChI is InChI=1S/C16H31N3O2S/c1-18(2)15-11-19(14-5-8-22-9-6-14)7-4-13(15)10-17-16(20)12-21-3/h13-15H,4-12H2,1-3H3,(H,17,20)/t13-,15-/m1/s1. The fourth-order valence-electron chi connectivity index (χ4n) is 3.64. The third-order valence-corrected chi connectivity index (χ3v) is 6.01. The molecule has 0 spiro atoms. The molecule has 2 aliphatic rings. The van der Waals surface area contributed by atoms with Gasteiger partial charge in [0.1, 0.15) is 6.61 Å². The predicted molar refractivity (Wildman–Crippen MR) is 92.4 cm³/mol. The van der Waals surface area contributed by atoms with Gasteiger partial charge in [0, 0.05) is 32.3 Å². The zero-order valence-corrected chi connectivity index (χ0v) is 15.0. The number of likely N-dealkylation sites (N-methyl/N-ethyl adjacent to an activating group) is 1. The van der Waals surface area contributed by atoms with Crippen molar-refractivity contribution in [2.24, 2.45) is 5.92 Å². The van der Waals surface area contributed by atoms with Gasteiger partial charge < -0.3 is 15.0 Å². The second-order valence-electron chi connectivity index (χ2n) is 6.66. The van der Waals surface area contributed by atoms with E-state index in [1.54, 1.807) is 7.11 Å². The van der Waals surface area contributed by atoms with Crippen LogP contribution in [0.4, 0.5) is 0 Å². The average Bonchev–Trinajstić information content (AvgIpc) is 2.54. The number of likely N-dealkylation sites (tertiary alicyclic amines) is 1. The Morgan fingerprint density at radius 3 is 2.68 bits per heavy atom. The Balaban J connectivity index is 1.86. The summed E-state index contributed by atoms with van der Waals surface area (Å²) in [4.78, 5) is 16.6. The van der Waals surface area contributed by atoms with Gasteiger partial charge in [-0.1, -0.05) is 0 Å². The lowest BCUT2D eigenvalue weighted by Crippen LogP contribution is -2.56. The summed E-state index contributed by atoms with van der Waals surface area (Å²) < 4.78 is 4.88.